The number of ether oxygens (including phenoxy) is 1. The highest BCUT2D eigenvalue weighted by atomic mass is 35.5. The first-order valence-corrected chi connectivity index (χ1v) is 6.10. The lowest BCUT2D eigenvalue weighted by molar-refractivity contribution is 0.402. The van der Waals surface area contributed by atoms with Crippen LogP contribution in [0.15, 0.2) is 6.07 Å². The van der Waals surface area contributed by atoms with Crippen molar-refractivity contribution in [3.63, 3.8) is 0 Å². The minimum Gasteiger partial charge on any atom is -0.495 e. The predicted molar refractivity (Wildman–Crippen MR) is 67.5 cm³/mol. The molecule has 1 fully saturated rings. The van der Waals surface area contributed by atoms with Crippen molar-refractivity contribution in [2.24, 2.45) is 0 Å². The Kier molecular flexibility index (Phi) is 3.41. The van der Waals surface area contributed by atoms with Crippen LogP contribution >= 0.6 is 11.6 Å². The van der Waals surface area contributed by atoms with Crippen LogP contribution in [0.3, 0.4) is 0 Å². The summed E-state index contributed by atoms with van der Waals surface area (Å²) >= 11 is 6.30. The number of rotatable bonds is 2. The summed E-state index contributed by atoms with van der Waals surface area (Å²) in [4.78, 5) is 0. The van der Waals surface area contributed by atoms with Crippen molar-refractivity contribution < 1.29 is 4.74 Å². The van der Waals surface area contributed by atoms with Crippen molar-refractivity contribution >= 4 is 11.6 Å². The highest BCUT2D eigenvalue weighted by molar-refractivity contribution is 6.33. The van der Waals surface area contributed by atoms with Gasteiger partial charge in [0.15, 0.2) is 0 Å². The Balaban J connectivity index is 2.53. The fraction of sp³-hybridized carbons (Fsp3) is 0.538. The van der Waals surface area contributed by atoms with E-state index in [1.165, 1.54) is 17.5 Å². The molecular weight excluding hydrogens is 222 g/mol. The van der Waals surface area contributed by atoms with Gasteiger partial charge in [-0.3, -0.25) is 0 Å². The van der Waals surface area contributed by atoms with Crippen molar-refractivity contribution in [2.75, 3.05) is 13.7 Å². The lowest BCUT2D eigenvalue weighted by Crippen LogP contribution is -2.15. The van der Waals surface area contributed by atoms with Gasteiger partial charge >= 0.3 is 0 Å². The normalized spacial score (nSPS) is 20.1. The highest BCUT2D eigenvalue weighted by Gasteiger charge is 2.24. The van der Waals surface area contributed by atoms with Crippen LogP contribution in [0, 0.1) is 13.8 Å². The maximum Gasteiger partial charge on any atom is 0.142 e. The third-order valence-corrected chi connectivity index (χ3v) is 3.73. The number of nitrogens with one attached hydrogen (secondary N) is 1. The van der Waals surface area contributed by atoms with Gasteiger partial charge in [-0.05, 0) is 44.4 Å². The first-order valence-electron chi connectivity index (χ1n) is 5.72. The van der Waals surface area contributed by atoms with Crippen LogP contribution < -0.4 is 10.1 Å². The van der Waals surface area contributed by atoms with Gasteiger partial charge in [0.2, 0.25) is 0 Å². The van der Waals surface area contributed by atoms with E-state index in [1.807, 2.05) is 6.92 Å². The van der Waals surface area contributed by atoms with Gasteiger partial charge in [0.25, 0.3) is 0 Å². The number of hydrogen-bond donors (Lipinski definition) is 1. The molecule has 1 aromatic rings. The molecule has 0 amide bonds. The highest BCUT2D eigenvalue weighted by Crippen LogP contribution is 2.40. The lowest BCUT2D eigenvalue weighted by Gasteiger charge is -2.20. The first kappa shape index (κ1) is 11.7. The third kappa shape index (κ3) is 1.92. The Morgan fingerprint density at radius 2 is 2.12 bits per heavy atom. The second-order valence-electron chi connectivity index (χ2n) is 4.42. The molecule has 1 atom stereocenters. The van der Waals surface area contributed by atoms with Gasteiger partial charge in [-0.2, -0.15) is 0 Å². The fourth-order valence-corrected chi connectivity index (χ4v) is 2.74. The quantitative estimate of drug-likeness (QED) is 0.854. The van der Waals surface area contributed by atoms with Gasteiger partial charge in [-0.1, -0.05) is 17.7 Å². The number of halogens is 1. The Labute approximate surface area is 102 Å². The van der Waals surface area contributed by atoms with Gasteiger partial charge in [0.1, 0.15) is 5.75 Å². The number of methoxy groups -OCH3 is 1. The topological polar surface area (TPSA) is 21.3 Å². The smallest absolute Gasteiger partial charge is 0.142 e. The summed E-state index contributed by atoms with van der Waals surface area (Å²) < 4.78 is 5.48. The summed E-state index contributed by atoms with van der Waals surface area (Å²) in [5.41, 5.74) is 3.58. The van der Waals surface area contributed by atoms with Gasteiger partial charge in [-0.25, -0.2) is 0 Å². The van der Waals surface area contributed by atoms with Gasteiger partial charge in [0, 0.05) is 11.6 Å². The molecule has 2 rings (SSSR count). The molecule has 1 unspecified atom stereocenters. The second-order valence-corrected chi connectivity index (χ2v) is 4.80. The molecule has 2 nitrogen and oxygen atoms in total. The molecule has 88 valence electrons. The van der Waals surface area contributed by atoms with E-state index in [2.05, 4.69) is 18.3 Å². The molecule has 0 radical (unpaired) electrons. The van der Waals surface area contributed by atoms with Crippen LogP contribution in [-0.4, -0.2) is 13.7 Å². The molecule has 3 heteroatoms. The van der Waals surface area contributed by atoms with Gasteiger partial charge in [-0.15, -0.1) is 0 Å². The average molecular weight is 240 g/mol. The summed E-state index contributed by atoms with van der Waals surface area (Å²) in [5, 5.41) is 4.24. The molecule has 1 saturated heterocycles. The van der Waals surface area contributed by atoms with Crippen molar-refractivity contribution in [1.29, 1.82) is 0 Å². The van der Waals surface area contributed by atoms with E-state index in [4.69, 9.17) is 16.3 Å². The zero-order chi connectivity index (χ0) is 11.7. The van der Waals surface area contributed by atoms with Crippen molar-refractivity contribution in [2.45, 2.75) is 32.7 Å². The summed E-state index contributed by atoms with van der Waals surface area (Å²) in [7, 11) is 1.69. The van der Waals surface area contributed by atoms with Crippen LogP contribution in [0.4, 0.5) is 0 Å². The van der Waals surface area contributed by atoms with E-state index in [0.717, 1.165) is 29.3 Å². The van der Waals surface area contributed by atoms with Crippen LogP contribution in [0.1, 0.15) is 35.6 Å². The molecule has 1 N–H and O–H groups in total. The Bertz CT molecular complexity index is 397. The molecule has 0 spiro atoms. The molecule has 0 aromatic heterocycles. The third-order valence-electron chi connectivity index (χ3n) is 3.26. The molecule has 0 bridgehead atoms. The van der Waals surface area contributed by atoms with E-state index in [9.17, 15) is 0 Å². The average Bonchev–Trinajstić information content (AvgIpc) is 2.76. The summed E-state index contributed by atoms with van der Waals surface area (Å²) in [5.74, 6) is 0.846. The fourth-order valence-electron chi connectivity index (χ4n) is 2.51. The van der Waals surface area contributed by atoms with Crippen LogP contribution in [0.2, 0.25) is 5.02 Å². The Hall–Kier alpha value is -0.730. The van der Waals surface area contributed by atoms with Gasteiger partial charge < -0.3 is 10.1 Å². The van der Waals surface area contributed by atoms with Crippen molar-refractivity contribution in [1.82, 2.24) is 5.32 Å². The van der Waals surface area contributed by atoms with Crippen LogP contribution in [0.5, 0.6) is 5.75 Å². The van der Waals surface area contributed by atoms with E-state index in [-0.39, 0.29) is 0 Å². The van der Waals surface area contributed by atoms with Crippen LogP contribution in [-0.2, 0) is 0 Å². The predicted octanol–water partition coefficient (Wildman–Crippen LogP) is 3.39. The van der Waals surface area contributed by atoms with E-state index >= 15 is 0 Å². The molecule has 0 saturated carbocycles. The first-order chi connectivity index (χ1) is 7.65. The SMILES string of the molecule is COc1c(Cl)c(C)cc(C)c1C1CCCN1. The summed E-state index contributed by atoms with van der Waals surface area (Å²) in [6.45, 7) is 5.23. The maximum absolute atomic E-state index is 6.30. The number of aryl methyl sites for hydroxylation is 2. The largest absolute Gasteiger partial charge is 0.495 e. The maximum atomic E-state index is 6.30. The summed E-state index contributed by atoms with van der Waals surface area (Å²) in [6, 6.07) is 2.54. The molecule has 1 aliphatic heterocycles. The van der Waals surface area contributed by atoms with Crippen molar-refractivity contribution in [3.8, 4) is 5.75 Å². The molecule has 0 aliphatic carbocycles. The molecule has 1 heterocycles. The molecule has 1 aliphatic rings. The summed E-state index contributed by atoms with van der Waals surface area (Å²) in [6.07, 6.45) is 2.38. The molecular formula is C13H18ClNO. The minimum absolute atomic E-state index is 0.396. The zero-order valence-corrected chi connectivity index (χ0v) is 10.8. The number of hydrogen-bond acceptors (Lipinski definition) is 2. The van der Waals surface area contributed by atoms with E-state index in [0.29, 0.717) is 6.04 Å². The monoisotopic (exact) mass is 239 g/mol. The van der Waals surface area contributed by atoms with E-state index < -0.39 is 0 Å². The second kappa shape index (κ2) is 4.64. The van der Waals surface area contributed by atoms with Gasteiger partial charge in [0.05, 0.1) is 12.1 Å². The van der Waals surface area contributed by atoms with Crippen molar-refractivity contribution in [3.05, 3.63) is 27.8 Å². The van der Waals surface area contributed by atoms with Crippen LogP contribution in [0.25, 0.3) is 0 Å². The molecule has 1 aromatic carbocycles. The lowest BCUT2D eigenvalue weighted by atomic mass is 9.96. The minimum atomic E-state index is 0.396. The Morgan fingerprint density at radius 3 is 2.69 bits per heavy atom. The standard InChI is InChI=1S/C13H18ClNO/c1-8-7-9(2)12(14)13(16-3)11(8)10-5-4-6-15-10/h7,10,15H,4-6H2,1-3H3. The Morgan fingerprint density at radius 1 is 1.38 bits per heavy atom. The van der Waals surface area contributed by atoms with E-state index in [1.54, 1.807) is 7.11 Å². The number of benzene rings is 1. The zero-order valence-electron chi connectivity index (χ0n) is 10.1. The molecule has 16 heavy (non-hydrogen) atoms.